The van der Waals surface area contributed by atoms with Gasteiger partial charge in [-0.3, -0.25) is 0 Å². The van der Waals surface area contributed by atoms with Crippen LogP contribution in [-0.4, -0.2) is 56.9 Å². The van der Waals surface area contributed by atoms with Gasteiger partial charge in [-0.25, -0.2) is 13.4 Å². The maximum atomic E-state index is 12.5. The van der Waals surface area contributed by atoms with Crippen LogP contribution < -0.4 is 10.6 Å². The zero-order valence-corrected chi connectivity index (χ0v) is 16.6. The third-order valence-corrected chi connectivity index (χ3v) is 6.51. The molecule has 0 radical (unpaired) electrons. The van der Waals surface area contributed by atoms with E-state index in [1.165, 1.54) is 0 Å². The van der Waals surface area contributed by atoms with E-state index >= 15 is 0 Å². The van der Waals surface area contributed by atoms with E-state index in [0.29, 0.717) is 24.5 Å². The molecule has 2 rings (SSSR count). The highest BCUT2D eigenvalue weighted by atomic mass is 32.2. The molecule has 0 aromatic heterocycles. The van der Waals surface area contributed by atoms with Gasteiger partial charge in [-0.15, -0.1) is 0 Å². The quantitative estimate of drug-likeness (QED) is 0.407. The first-order valence-electron chi connectivity index (χ1n) is 8.68. The van der Waals surface area contributed by atoms with E-state index < -0.39 is 10.0 Å². The van der Waals surface area contributed by atoms with Crippen LogP contribution in [0.15, 0.2) is 34.2 Å². The van der Waals surface area contributed by atoms with Gasteiger partial charge >= 0.3 is 0 Å². The van der Waals surface area contributed by atoms with Gasteiger partial charge in [0.2, 0.25) is 10.0 Å². The van der Waals surface area contributed by atoms with Crippen molar-refractivity contribution in [3.05, 3.63) is 29.8 Å². The number of hydrogen-bond donors (Lipinski definition) is 2. The maximum Gasteiger partial charge on any atom is 0.243 e. The minimum absolute atomic E-state index is 0.368. The van der Waals surface area contributed by atoms with Gasteiger partial charge in [0.25, 0.3) is 0 Å². The van der Waals surface area contributed by atoms with Crippen molar-refractivity contribution in [1.82, 2.24) is 14.9 Å². The highest BCUT2D eigenvalue weighted by Crippen LogP contribution is 2.21. The summed E-state index contributed by atoms with van der Waals surface area (Å²) < 4.78 is 26.6. The van der Waals surface area contributed by atoms with Gasteiger partial charge in [0, 0.05) is 31.9 Å². The van der Waals surface area contributed by atoms with E-state index in [9.17, 15) is 8.42 Å². The van der Waals surface area contributed by atoms with Crippen molar-refractivity contribution < 1.29 is 8.42 Å². The monoisotopic (exact) mass is 384 g/mol. The Bertz CT molecular complexity index is 654. The Morgan fingerprint density at radius 1 is 1.20 bits per heavy atom. The molecule has 0 atom stereocenters. The van der Waals surface area contributed by atoms with Gasteiger partial charge in [-0.1, -0.05) is 12.1 Å². The largest absolute Gasteiger partial charge is 0.357 e. The first-order valence-corrected chi connectivity index (χ1v) is 11.5. The first-order chi connectivity index (χ1) is 12.1. The van der Waals surface area contributed by atoms with Crippen molar-refractivity contribution >= 4 is 27.7 Å². The van der Waals surface area contributed by atoms with Crippen LogP contribution in [0.1, 0.15) is 25.3 Å². The lowest BCUT2D eigenvalue weighted by atomic mass is 10.2. The molecule has 1 saturated heterocycles. The van der Waals surface area contributed by atoms with Gasteiger partial charge in [0.1, 0.15) is 0 Å². The summed E-state index contributed by atoms with van der Waals surface area (Å²) in [4.78, 5) is 4.92. The number of sulfonamides is 1. The molecule has 1 aliphatic heterocycles. The van der Waals surface area contributed by atoms with Crippen molar-refractivity contribution in [2.45, 2.75) is 31.2 Å². The molecular weight excluding hydrogens is 356 g/mol. The average Bonchev–Trinajstić information content (AvgIpc) is 3.16. The maximum absolute atomic E-state index is 12.5. The number of thioether (sulfide) groups is 1. The topological polar surface area (TPSA) is 73.8 Å². The molecule has 0 aliphatic carbocycles. The molecule has 0 saturated carbocycles. The van der Waals surface area contributed by atoms with Crippen LogP contribution in [0, 0.1) is 0 Å². The molecule has 6 nitrogen and oxygen atoms in total. The number of rotatable bonds is 8. The molecule has 0 bridgehead atoms. The standard InChI is InChI=1S/C17H28N4O2S2/c1-3-18-17(19-10-13-24-2)20-14-15-6-8-16(9-7-15)25(22,23)21-11-4-5-12-21/h6-9H,3-5,10-14H2,1-2H3,(H2,18,19,20). The molecule has 1 aromatic carbocycles. The Balaban J connectivity index is 1.99. The van der Waals surface area contributed by atoms with Crippen LogP contribution in [0.25, 0.3) is 0 Å². The zero-order chi connectivity index (χ0) is 18.1. The fraction of sp³-hybridized carbons (Fsp3) is 0.588. The van der Waals surface area contributed by atoms with E-state index in [-0.39, 0.29) is 0 Å². The second kappa shape index (κ2) is 10.0. The lowest BCUT2D eigenvalue weighted by Crippen LogP contribution is -2.38. The van der Waals surface area contributed by atoms with E-state index in [2.05, 4.69) is 21.9 Å². The minimum atomic E-state index is -3.34. The average molecular weight is 385 g/mol. The molecule has 0 unspecified atom stereocenters. The smallest absolute Gasteiger partial charge is 0.243 e. The Labute approximate surface area is 155 Å². The van der Waals surface area contributed by atoms with Gasteiger partial charge in [-0.05, 0) is 43.7 Å². The lowest BCUT2D eigenvalue weighted by molar-refractivity contribution is 0.477. The summed E-state index contributed by atoms with van der Waals surface area (Å²) >= 11 is 1.78. The van der Waals surface area contributed by atoms with Crippen LogP contribution in [0.4, 0.5) is 0 Å². The summed E-state index contributed by atoms with van der Waals surface area (Å²) in [6, 6.07) is 7.06. The van der Waals surface area contributed by atoms with Crippen LogP contribution in [0.2, 0.25) is 0 Å². The number of hydrogen-bond acceptors (Lipinski definition) is 4. The summed E-state index contributed by atoms with van der Waals surface area (Å²) in [6.07, 6.45) is 3.97. The second-order valence-electron chi connectivity index (χ2n) is 5.87. The normalized spacial score (nSPS) is 16.2. The van der Waals surface area contributed by atoms with Gasteiger partial charge in [-0.2, -0.15) is 16.1 Å². The Morgan fingerprint density at radius 2 is 1.88 bits per heavy atom. The number of nitrogens with zero attached hydrogens (tertiary/aromatic N) is 2. The van der Waals surface area contributed by atoms with Gasteiger partial charge in [0.15, 0.2) is 5.96 Å². The fourth-order valence-corrected chi connectivity index (χ4v) is 4.45. The molecule has 0 amide bonds. The molecule has 0 spiro atoms. The van der Waals surface area contributed by atoms with Gasteiger partial charge in [0.05, 0.1) is 11.4 Å². The predicted molar refractivity (Wildman–Crippen MR) is 106 cm³/mol. The minimum Gasteiger partial charge on any atom is -0.357 e. The molecule has 25 heavy (non-hydrogen) atoms. The zero-order valence-electron chi connectivity index (χ0n) is 15.0. The van der Waals surface area contributed by atoms with E-state index in [1.54, 1.807) is 28.2 Å². The SMILES string of the molecule is CCNC(=NCc1ccc(S(=O)(=O)N2CCCC2)cc1)NCCSC. The number of nitrogens with one attached hydrogen (secondary N) is 2. The summed E-state index contributed by atoms with van der Waals surface area (Å²) in [7, 11) is -3.34. The molecule has 8 heteroatoms. The van der Waals surface area contributed by atoms with Crippen molar-refractivity contribution in [1.29, 1.82) is 0 Å². The predicted octanol–water partition coefficient (Wildman–Crippen LogP) is 1.89. The molecule has 1 fully saturated rings. The Kier molecular flexibility index (Phi) is 8.05. The van der Waals surface area contributed by atoms with Gasteiger partial charge < -0.3 is 10.6 Å². The molecular formula is C17H28N4O2S2. The van der Waals surface area contributed by atoms with E-state index in [0.717, 1.165) is 43.2 Å². The summed E-state index contributed by atoms with van der Waals surface area (Å²) in [5, 5.41) is 6.49. The molecule has 1 aromatic rings. The van der Waals surface area contributed by atoms with E-state index in [4.69, 9.17) is 0 Å². The number of guanidine groups is 1. The second-order valence-corrected chi connectivity index (χ2v) is 8.79. The fourth-order valence-electron chi connectivity index (χ4n) is 2.63. The Hall–Kier alpha value is -1.25. The van der Waals surface area contributed by atoms with Crippen molar-refractivity contribution in [3.63, 3.8) is 0 Å². The third kappa shape index (κ3) is 5.90. The van der Waals surface area contributed by atoms with E-state index in [1.807, 2.05) is 19.1 Å². The summed E-state index contributed by atoms with van der Waals surface area (Å²) in [5.74, 6) is 1.80. The van der Waals surface area contributed by atoms with Crippen LogP contribution in [0.3, 0.4) is 0 Å². The molecule has 1 heterocycles. The van der Waals surface area contributed by atoms with Crippen molar-refractivity contribution in [3.8, 4) is 0 Å². The number of aliphatic imine (C=N–C) groups is 1. The third-order valence-electron chi connectivity index (χ3n) is 3.99. The summed E-state index contributed by atoms with van der Waals surface area (Å²) in [5.41, 5.74) is 0.988. The van der Waals surface area contributed by atoms with Crippen LogP contribution in [-0.2, 0) is 16.6 Å². The molecule has 140 valence electrons. The molecule has 1 aliphatic rings. The summed E-state index contributed by atoms with van der Waals surface area (Å²) in [6.45, 7) is 5.46. The highest BCUT2D eigenvalue weighted by Gasteiger charge is 2.26. The highest BCUT2D eigenvalue weighted by molar-refractivity contribution is 7.98. The van der Waals surface area contributed by atoms with Crippen LogP contribution in [0.5, 0.6) is 0 Å². The van der Waals surface area contributed by atoms with Crippen molar-refractivity contribution in [2.24, 2.45) is 4.99 Å². The van der Waals surface area contributed by atoms with Crippen molar-refractivity contribution in [2.75, 3.05) is 38.2 Å². The Morgan fingerprint density at radius 3 is 2.48 bits per heavy atom. The number of benzene rings is 1. The molecule has 2 N–H and O–H groups in total. The lowest BCUT2D eigenvalue weighted by Gasteiger charge is -2.15. The first kappa shape index (κ1) is 20.1. The van der Waals surface area contributed by atoms with Crippen LogP contribution >= 0.6 is 11.8 Å².